The number of carbonyl (C=O) groups is 2. The Bertz CT molecular complexity index is 1050. The standard InChI is InChI=1S/C23H24Cl2N2O5/c1-4-5-17-20(22(28)31-3)21(27-23(29)26-17)13-7-9-18(19(10-13)30-2)32-12-14-6-8-15(24)11-16(14)25/h6-11,21H,4-5,12H2,1-3H3,(H2,26,27,29). The van der Waals surface area contributed by atoms with Crippen molar-refractivity contribution < 1.29 is 23.8 Å². The van der Waals surface area contributed by atoms with Crippen molar-refractivity contribution >= 4 is 35.2 Å². The van der Waals surface area contributed by atoms with Crippen molar-refractivity contribution in [3.63, 3.8) is 0 Å². The number of amides is 2. The average molecular weight is 479 g/mol. The van der Waals surface area contributed by atoms with Gasteiger partial charge in [-0.15, -0.1) is 0 Å². The van der Waals surface area contributed by atoms with Gasteiger partial charge in [0.25, 0.3) is 0 Å². The van der Waals surface area contributed by atoms with Gasteiger partial charge in [-0.3, -0.25) is 0 Å². The molecule has 2 N–H and O–H groups in total. The van der Waals surface area contributed by atoms with Crippen molar-refractivity contribution in [1.82, 2.24) is 10.6 Å². The van der Waals surface area contributed by atoms with Gasteiger partial charge < -0.3 is 24.8 Å². The van der Waals surface area contributed by atoms with Crippen LogP contribution in [0.4, 0.5) is 4.79 Å². The Labute approximate surface area is 196 Å². The van der Waals surface area contributed by atoms with Crippen LogP contribution in [-0.2, 0) is 16.1 Å². The summed E-state index contributed by atoms with van der Waals surface area (Å²) < 4.78 is 16.4. The van der Waals surface area contributed by atoms with E-state index in [1.807, 2.05) is 6.92 Å². The molecule has 0 fully saturated rings. The van der Waals surface area contributed by atoms with Gasteiger partial charge in [-0.1, -0.05) is 48.7 Å². The Morgan fingerprint density at radius 2 is 1.88 bits per heavy atom. The minimum atomic E-state index is -0.689. The lowest BCUT2D eigenvalue weighted by molar-refractivity contribution is -0.136. The number of allylic oxidation sites excluding steroid dienone is 1. The highest BCUT2D eigenvalue weighted by atomic mass is 35.5. The molecule has 0 aliphatic carbocycles. The van der Waals surface area contributed by atoms with Crippen LogP contribution in [0.2, 0.25) is 10.0 Å². The molecule has 1 aliphatic heterocycles. The Kier molecular flexibility index (Phi) is 7.88. The second-order valence-electron chi connectivity index (χ2n) is 7.10. The van der Waals surface area contributed by atoms with E-state index in [0.29, 0.717) is 44.8 Å². The summed E-state index contributed by atoms with van der Waals surface area (Å²) in [6.45, 7) is 2.18. The predicted octanol–water partition coefficient (Wildman–Crippen LogP) is 5.16. The van der Waals surface area contributed by atoms with Crippen LogP contribution in [-0.4, -0.2) is 26.2 Å². The van der Waals surface area contributed by atoms with Crippen LogP contribution in [0, 0.1) is 0 Å². The molecular weight excluding hydrogens is 455 g/mol. The molecule has 1 heterocycles. The Morgan fingerprint density at radius 3 is 2.53 bits per heavy atom. The molecule has 32 heavy (non-hydrogen) atoms. The fourth-order valence-electron chi connectivity index (χ4n) is 3.44. The number of benzene rings is 2. The number of urea groups is 1. The highest BCUT2D eigenvalue weighted by Gasteiger charge is 2.33. The molecule has 1 unspecified atom stereocenters. The van der Waals surface area contributed by atoms with E-state index >= 15 is 0 Å². The monoisotopic (exact) mass is 478 g/mol. The van der Waals surface area contributed by atoms with E-state index in [9.17, 15) is 9.59 Å². The highest BCUT2D eigenvalue weighted by Crippen LogP contribution is 2.36. The molecule has 0 spiro atoms. The van der Waals surface area contributed by atoms with E-state index < -0.39 is 12.0 Å². The van der Waals surface area contributed by atoms with E-state index in [1.165, 1.54) is 14.2 Å². The first kappa shape index (κ1) is 23.8. The van der Waals surface area contributed by atoms with Gasteiger partial charge in [0.15, 0.2) is 11.5 Å². The Hall–Kier alpha value is -2.90. The first-order valence-corrected chi connectivity index (χ1v) is 10.8. The van der Waals surface area contributed by atoms with Crippen molar-refractivity contribution in [1.29, 1.82) is 0 Å². The first-order valence-electron chi connectivity index (χ1n) is 10.0. The molecule has 0 saturated heterocycles. The minimum Gasteiger partial charge on any atom is -0.493 e. The number of carbonyl (C=O) groups excluding carboxylic acids is 2. The zero-order valence-electron chi connectivity index (χ0n) is 18.0. The van der Waals surface area contributed by atoms with E-state index in [-0.39, 0.29) is 12.6 Å². The van der Waals surface area contributed by atoms with Crippen molar-refractivity contribution in [2.24, 2.45) is 0 Å². The third kappa shape index (κ3) is 5.29. The zero-order valence-corrected chi connectivity index (χ0v) is 19.5. The molecule has 2 amide bonds. The first-order chi connectivity index (χ1) is 15.4. The lowest BCUT2D eigenvalue weighted by Gasteiger charge is -2.29. The van der Waals surface area contributed by atoms with E-state index in [2.05, 4.69) is 10.6 Å². The average Bonchev–Trinajstić information content (AvgIpc) is 2.77. The van der Waals surface area contributed by atoms with E-state index in [0.717, 1.165) is 12.0 Å². The molecule has 1 atom stereocenters. The van der Waals surface area contributed by atoms with Gasteiger partial charge in [-0.25, -0.2) is 9.59 Å². The third-order valence-corrected chi connectivity index (χ3v) is 5.57. The van der Waals surface area contributed by atoms with Crippen molar-refractivity contribution in [3.8, 4) is 11.5 Å². The van der Waals surface area contributed by atoms with Crippen LogP contribution in [0.3, 0.4) is 0 Å². The topological polar surface area (TPSA) is 85.9 Å². The van der Waals surface area contributed by atoms with Gasteiger partial charge in [0.1, 0.15) is 6.61 Å². The van der Waals surface area contributed by atoms with Gasteiger partial charge in [-0.2, -0.15) is 0 Å². The van der Waals surface area contributed by atoms with Crippen LogP contribution in [0.5, 0.6) is 11.5 Å². The maximum atomic E-state index is 12.5. The summed E-state index contributed by atoms with van der Waals surface area (Å²) in [4.78, 5) is 24.8. The second kappa shape index (κ2) is 10.6. The smallest absolute Gasteiger partial charge is 0.337 e. The quantitative estimate of drug-likeness (QED) is 0.511. The van der Waals surface area contributed by atoms with Crippen LogP contribution >= 0.6 is 23.2 Å². The van der Waals surface area contributed by atoms with Crippen molar-refractivity contribution in [2.75, 3.05) is 14.2 Å². The van der Waals surface area contributed by atoms with Gasteiger partial charge >= 0.3 is 12.0 Å². The lowest BCUT2D eigenvalue weighted by Crippen LogP contribution is -2.45. The molecular formula is C23H24Cl2N2O5. The SMILES string of the molecule is CCCC1=C(C(=O)OC)C(c2ccc(OCc3ccc(Cl)cc3Cl)c(OC)c2)NC(=O)N1. The number of halogens is 2. The normalized spacial score (nSPS) is 15.7. The number of esters is 1. The minimum absolute atomic E-state index is 0.212. The molecule has 0 saturated carbocycles. The largest absolute Gasteiger partial charge is 0.493 e. The zero-order chi connectivity index (χ0) is 23.3. The van der Waals surface area contributed by atoms with Crippen LogP contribution < -0.4 is 20.1 Å². The Balaban J connectivity index is 1.91. The number of nitrogens with one attached hydrogen (secondary N) is 2. The van der Waals surface area contributed by atoms with E-state index in [4.69, 9.17) is 37.4 Å². The maximum Gasteiger partial charge on any atom is 0.337 e. The van der Waals surface area contributed by atoms with Gasteiger partial charge in [0.2, 0.25) is 0 Å². The number of methoxy groups -OCH3 is 2. The van der Waals surface area contributed by atoms with Gasteiger partial charge in [-0.05, 0) is 36.2 Å². The van der Waals surface area contributed by atoms with Crippen molar-refractivity contribution in [3.05, 3.63) is 68.8 Å². The van der Waals surface area contributed by atoms with Gasteiger partial charge in [0, 0.05) is 21.3 Å². The number of ether oxygens (including phenoxy) is 3. The molecule has 7 nitrogen and oxygen atoms in total. The Morgan fingerprint density at radius 1 is 1.09 bits per heavy atom. The summed E-state index contributed by atoms with van der Waals surface area (Å²) in [5, 5.41) is 6.56. The molecule has 2 aromatic carbocycles. The molecule has 9 heteroatoms. The molecule has 2 aromatic rings. The number of hydrogen-bond acceptors (Lipinski definition) is 5. The van der Waals surface area contributed by atoms with Crippen LogP contribution in [0.1, 0.15) is 36.9 Å². The third-order valence-electron chi connectivity index (χ3n) is 4.98. The molecule has 170 valence electrons. The van der Waals surface area contributed by atoms with Crippen LogP contribution in [0.15, 0.2) is 47.7 Å². The molecule has 1 aliphatic rings. The molecule has 0 aromatic heterocycles. The second-order valence-corrected chi connectivity index (χ2v) is 7.94. The number of hydrogen-bond donors (Lipinski definition) is 2. The fourth-order valence-corrected chi connectivity index (χ4v) is 3.91. The maximum absolute atomic E-state index is 12.5. The fraction of sp³-hybridized carbons (Fsp3) is 0.304. The molecule has 0 bridgehead atoms. The summed E-state index contributed by atoms with van der Waals surface area (Å²) in [5.74, 6) is 0.421. The number of rotatable bonds is 8. The summed E-state index contributed by atoms with van der Waals surface area (Å²) in [6, 6.07) is 9.32. The van der Waals surface area contributed by atoms with Crippen molar-refractivity contribution in [2.45, 2.75) is 32.4 Å². The summed E-state index contributed by atoms with van der Waals surface area (Å²) in [7, 11) is 2.83. The van der Waals surface area contributed by atoms with E-state index in [1.54, 1.807) is 36.4 Å². The summed E-state index contributed by atoms with van der Waals surface area (Å²) in [6.07, 6.45) is 1.29. The highest BCUT2D eigenvalue weighted by molar-refractivity contribution is 6.35. The summed E-state index contributed by atoms with van der Waals surface area (Å²) in [5.41, 5.74) is 2.33. The molecule has 3 rings (SSSR count). The lowest BCUT2D eigenvalue weighted by atomic mass is 9.93. The summed E-state index contributed by atoms with van der Waals surface area (Å²) >= 11 is 12.2. The predicted molar refractivity (Wildman–Crippen MR) is 122 cm³/mol. The van der Waals surface area contributed by atoms with Gasteiger partial charge in [0.05, 0.1) is 25.8 Å². The van der Waals surface area contributed by atoms with Crippen LogP contribution in [0.25, 0.3) is 0 Å². The molecule has 0 radical (unpaired) electrons.